The van der Waals surface area contributed by atoms with Crippen LogP contribution in [0, 0.1) is 5.92 Å². The van der Waals surface area contributed by atoms with E-state index in [0.29, 0.717) is 11.3 Å². The lowest BCUT2D eigenvalue weighted by Gasteiger charge is -2.15. The van der Waals surface area contributed by atoms with Gasteiger partial charge in [-0.2, -0.15) is 0 Å². The molecule has 0 aromatic heterocycles. The Balaban J connectivity index is 2.82. The Morgan fingerprint density at radius 3 is 2.71 bits per heavy atom. The summed E-state index contributed by atoms with van der Waals surface area (Å²) in [6.07, 6.45) is -0.623. The van der Waals surface area contributed by atoms with E-state index in [1.807, 2.05) is 6.07 Å². The summed E-state index contributed by atoms with van der Waals surface area (Å²) < 4.78 is 6.36. The Hall–Kier alpha value is -1.07. The van der Waals surface area contributed by atoms with E-state index < -0.39 is 12.0 Å². The van der Waals surface area contributed by atoms with Gasteiger partial charge in [0.15, 0.2) is 0 Å². The Morgan fingerprint density at radius 2 is 2.18 bits per heavy atom. The number of amides is 1. The molecule has 17 heavy (non-hydrogen) atoms. The minimum absolute atomic E-state index is 0.200. The summed E-state index contributed by atoms with van der Waals surface area (Å²) in [4.78, 5) is 10.9. The lowest BCUT2D eigenvalue weighted by atomic mass is 10.1. The Bertz CT molecular complexity index is 407. The second kappa shape index (κ2) is 6.02. The van der Waals surface area contributed by atoms with Crippen LogP contribution in [0.5, 0.6) is 5.75 Å². The molecular formula is C12H16BrNO3. The topological polar surface area (TPSA) is 72.6 Å². The fraction of sp³-hybridized carbons (Fsp3) is 0.417. The van der Waals surface area contributed by atoms with Crippen molar-refractivity contribution in [3.8, 4) is 5.75 Å². The third-order valence-corrected chi connectivity index (χ3v) is 2.89. The standard InChI is InChI=1S/C12H16BrNO3/c1-7(12(14)16)6-17-11-5-9(13)3-4-10(11)8(2)15/h3-5,7-8,15H,6H2,1-2H3,(H2,14,16)/t7?,8-/m0/s1. The van der Waals surface area contributed by atoms with E-state index in [1.165, 1.54) is 0 Å². The molecule has 0 spiro atoms. The van der Waals surface area contributed by atoms with E-state index in [2.05, 4.69) is 15.9 Å². The predicted octanol–water partition coefficient (Wildman–Crippen LogP) is 2.00. The van der Waals surface area contributed by atoms with Crippen LogP contribution in [0.2, 0.25) is 0 Å². The molecule has 3 N–H and O–H groups in total. The average Bonchev–Trinajstić information content (AvgIpc) is 2.25. The zero-order chi connectivity index (χ0) is 13.0. The Morgan fingerprint density at radius 1 is 1.53 bits per heavy atom. The van der Waals surface area contributed by atoms with E-state index in [0.717, 1.165) is 4.47 Å². The first-order valence-corrected chi connectivity index (χ1v) is 6.10. The van der Waals surface area contributed by atoms with Crippen LogP contribution in [0.15, 0.2) is 22.7 Å². The molecule has 5 heteroatoms. The molecule has 1 aromatic carbocycles. The molecule has 0 heterocycles. The van der Waals surface area contributed by atoms with Gasteiger partial charge in [-0.25, -0.2) is 0 Å². The van der Waals surface area contributed by atoms with Gasteiger partial charge in [-0.3, -0.25) is 4.79 Å². The number of aliphatic hydroxyl groups excluding tert-OH is 1. The van der Waals surface area contributed by atoms with Crippen molar-refractivity contribution < 1.29 is 14.6 Å². The first-order valence-electron chi connectivity index (χ1n) is 5.31. The monoisotopic (exact) mass is 301 g/mol. The van der Waals surface area contributed by atoms with Crippen molar-refractivity contribution in [3.05, 3.63) is 28.2 Å². The number of hydrogen-bond acceptors (Lipinski definition) is 3. The van der Waals surface area contributed by atoms with E-state index in [9.17, 15) is 9.90 Å². The third-order valence-electron chi connectivity index (χ3n) is 2.40. The second-order valence-electron chi connectivity index (χ2n) is 3.97. The van der Waals surface area contributed by atoms with Crippen molar-refractivity contribution in [2.24, 2.45) is 11.7 Å². The highest BCUT2D eigenvalue weighted by atomic mass is 79.9. The number of benzene rings is 1. The molecule has 1 rings (SSSR count). The lowest BCUT2D eigenvalue weighted by molar-refractivity contribution is -0.122. The molecule has 0 aliphatic carbocycles. The summed E-state index contributed by atoms with van der Waals surface area (Å²) >= 11 is 3.33. The average molecular weight is 302 g/mol. The van der Waals surface area contributed by atoms with Gasteiger partial charge in [0.2, 0.25) is 5.91 Å². The quantitative estimate of drug-likeness (QED) is 0.874. The molecule has 0 radical (unpaired) electrons. The highest BCUT2D eigenvalue weighted by Crippen LogP contribution is 2.28. The summed E-state index contributed by atoms with van der Waals surface area (Å²) in [5, 5.41) is 9.58. The van der Waals surface area contributed by atoms with Crippen LogP contribution in [-0.2, 0) is 4.79 Å². The molecule has 0 aliphatic heterocycles. The number of carbonyl (C=O) groups is 1. The third kappa shape index (κ3) is 4.02. The fourth-order valence-electron chi connectivity index (χ4n) is 1.28. The van der Waals surface area contributed by atoms with E-state index >= 15 is 0 Å². The largest absolute Gasteiger partial charge is 0.492 e. The molecule has 0 aliphatic rings. The number of aliphatic hydroxyl groups is 1. The van der Waals surface area contributed by atoms with Crippen LogP contribution in [0.25, 0.3) is 0 Å². The Labute approximate surface area is 109 Å². The Kier molecular flexibility index (Phi) is 4.96. The smallest absolute Gasteiger partial charge is 0.223 e. The molecule has 4 nitrogen and oxygen atoms in total. The molecule has 0 fully saturated rings. The zero-order valence-electron chi connectivity index (χ0n) is 9.81. The number of nitrogens with two attached hydrogens (primary N) is 1. The van der Waals surface area contributed by atoms with Gasteiger partial charge in [-0.05, 0) is 19.1 Å². The van der Waals surface area contributed by atoms with Crippen molar-refractivity contribution in [2.45, 2.75) is 20.0 Å². The van der Waals surface area contributed by atoms with Gasteiger partial charge in [0.1, 0.15) is 5.75 Å². The molecule has 1 aromatic rings. The van der Waals surface area contributed by atoms with Crippen LogP contribution in [0.4, 0.5) is 0 Å². The van der Waals surface area contributed by atoms with Crippen molar-refractivity contribution in [2.75, 3.05) is 6.61 Å². The second-order valence-corrected chi connectivity index (χ2v) is 4.89. The van der Waals surface area contributed by atoms with E-state index in [-0.39, 0.29) is 12.5 Å². The maximum atomic E-state index is 10.9. The van der Waals surface area contributed by atoms with Crippen LogP contribution >= 0.6 is 15.9 Å². The van der Waals surface area contributed by atoms with Gasteiger partial charge >= 0.3 is 0 Å². The molecule has 0 bridgehead atoms. The number of primary amides is 1. The highest BCUT2D eigenvalue weighted by molar-refractivity contribution is 9.10. The molecule has 0 saturated heterocycles. The first kappa shape index (κ1) is 14.0. The summed E-state index contributed by atoms with van der Waals surface area (Å²) in [5.74, 6) is -0.211. The van der Waals surface area contributed by atoms with Crippen LogP contribution in [-0.4, -0.2) is 17.6 Å². The van der Waals surface area contributed by atoms with Gasteiger partial charge in [0, 0.05) is 10.0 Å². The van der Waals surface area contributed by atoms with Crippen LogP contribution in [0.3, 0.4) is 0 Å². The first-order chi connectivity index (χ1) is 7.91. The maximum Gasteiger partial charge on any atom is 0.223 e. The zero-order valence-corrected chi connectivity index (χ0v) is 11.4. The van der Waals surface area contributed by atoms with E-state index in [4.69, 9.17) is 10.5 Å². The maximum absolute atomic E-state index is 10.9. The van der Waals surface area contributed by atoms with Gasteiger partial charge in [0.25, 0.3) is 0 Å². The molecule has 94 valence electrons. The fourth-order valence-corrected chi connectivity index (χ4v) is 1.62. The molecular weight excluding hydrogens is 286 g/mol. The molecule has 1 amide bonds. The molecule has 2 atom stereocenters. The number of rotatable bonds is 5. The normalized spacial score (nSPS) is 14.1. The summed E-state index contributed by atoms with van der Waals surface area (Å²) in [6.45, 7) is 3.56. The van der Waals surface area contributed by atoms with Gasteiger partial charge in [0.05, 0.1) is 18.6 Å². The number of ether oxygens (including phenoxy) is 1. The summed E-state index contributed by atoms with van der Waals surface area (Å²) in [6, 6.07) is 5.36. The molecule has 1 unspecified atom stereocenters. The van der Waals surface area contributed by atoms with Crippen molar-refractivity contribution in [1.82, 2.24) is 0 Å². The summed E-state index contributed by atoms with van der Waals surface area (Å²) in [5.41, 5.74) is 5.84. The van der Waals surface area contributed by atoms with Gasteiger partial charge in [-0.15, -0.1) is 0 Å². The van der Waals surface area contributed by atoms with Gasteiger partial charge < -0.3 is 15.6 Å². The van der Waals surface area contributed by atoms with Gasteiger partial charge in [-0.1, -0.05) is 28.9 Å². The highest BCUT2D eigenvalue weighted by Gasteiger charge is 2.13. The van der Waals surface area contributed by atoms with E-state index in [1.54, 1.807) is 26.0 Å². The number of hydrogen-bond donors (Lipinski definition) is 2. The number of halogens is 1. The minimum Gasteiger partial charge on any atom is -0.492 e. The molecule has 0 saturated carbocycles. The number of carbonyl (C=O) groups excluding carboxylic acids is 1. The van der Waals surface area contributed by atoms with Crippen molar-refractivity contribution >= 4 is 21.8 Å². The van der Waals surface area contributed by atoms with Crippen LogP contribution in [0.1, 0.15) is 25.5 Å². The van der Waals surface area contributed by atoms with Crippen LogP contribution < -0.4 is 10.5 Å². The lowest BCUT2D eigenvalue weighted by Crippen LogP contribution is -2.26. The van der Waals surface area contributed by atoms with Crippen molar-refractivity contribution in [1.29, 1.82) is 0 Å². The minimum atomic E-state index is -0.623. The summed E-state index contributed by atoms with van der Waals surface area (Å²) in [7, 11) is 0. The predicted molar refractivity (Wildman–Crippen MR) is 68.6 cm³/mol. The SMILES string of the molecule is CC(COc1cc(Br)ccc1[C@H](C)O)C(N)=O. The van der Waals surface area contributed by atoms with Crippen molar-refractivity contribution in [3.63, 3.8) is 0 Å².